The molecule has 8 heteroatoms. The van der Waals surface area contributed by atoms with E-state index in [9.17, 15) is 0 Å². The van der Waals surface area contributed by atoms with Gasteiger partial charge in [-0.3, -0.25) is 0 Å². The van der Waals surface area contributed by atoms with Crippen LogP contribution in [0.3, 0.4) is 0 Å². The van der Waals surface area contributed by atoms with Gasteiger partial charge in [0.2, 0.25) is 0 Å². The summed E-state index contributed by atoms with van der Waals surface area (Å²) in [6.07, 6.45) is 0. The van der Waals surface area contributed by atoms with E-state index in [0.717, 1.165) is 4.47 Å². The largest absolute Gasteiger partial charge is 0.489 e. The van der Waals surface area contributed by atoms with Crippen LogP contribution < -0.4 is 15.8 Å². The maximum atomic E-state index is 6.05. The first kappa shape index (κ1) is 18.4. The molecule has 0 aromatic heterocycles. The van der Waals surface area contributed by atoms with E-state index in [2.05, 4.69) is 26.2 Å². The van der Waals surface area contributed by atoms with E-state index in [1.807, 2.05) is 6.92 Å². The highest BCUT2D eigenvalue weighted by Crippen LogP contribution is 2.35. The molecule has 0 bridgehead atoms. The zero-order chi connectivity index (χ0) is 15.8. The molecule has 0 saturated heterocycles. The first-order valence-electron chi connectivity index (χ1n) is 6.26. The van der Waals surface area contributed by atoms with Crippen molar-refractivity contribution in [1.82, 2.24) is 5.32 Å². The molecule has 1 rings (SSSR count). The van der Waals surface area contributed by atoms with Crippen molar-refractivity contribution in [3.05, 3.63) is 26.7 Å². The van der Waals surface area contributed by atoms with Gasteiger partial charge in [0.05, 0.1) is 23.2 Å². The van der Waals surface area contributed by atoms with Crippen molar-refractivity contribution in [1.29, 1.82) is 0 Å². The molecule has 1 atom stereocenters. The molecule has 1 unspecified atom stereocenters. The molecular weight excluding hydrogens is 381 g/mol. The predicted octanol–water partition coefficient (Wildman–Crippen LogP) is 3.07. The van der Waals surface area contributed by atoms with E-state index in [4.69, 9.17) is 38.4 Å². The summed E-state index contributed by atoms with van der Waals surface area (Å²) in [4.78, 5) is 4.15. The number of nitrogens with two attached hydrogens (primary N) is 1. The minimum absolute atomic E-state index is 0.0926. The number of ether oxygens (including phenoxy) is 2. The Labute approximate surface area is 142 Å². The van der Waals surface area contributed by atoms with Gasteiger partial charge in [-0.05, 0) is 19.1 Å². The number of hydrogen-bond donors (Lipinski definition) is 2. The molecule has 0 aliphatic rings. The Kier molecular flexibility index (Phi) is 8.18. The molecule has 0 aliphatic carbocycles. The molecular formula is C13H18BrCl2N3O2. The number of aliphatic imine (C=N–C) groups is 1. The number of hydrogen-bond acceptors (Lipinski definition) is 3. The fourth-order valence-corrected chi connectivity index (χ4v) is 2.89. The minimum Gasteiger partial charge on any atom is -0.489 e. The molecule has 118 valence electrons. The third-order valence-corrected chi connectivity index (χ3v) is 3.41. The Bertz CT molecular complexity index is 477. The lowest BCUT2D eigenvalue weighted by atomic mass is 10.3. The van der Waals surface area contributed by atoms with Gasteiger partial charge in [0.1, 0.15) is 6.61 Å². The van der Waals surface area contributed by atoms with Crippen molar-refractivity contribution in [3.63, 3.8) is 0 Å². The van der Waals surface area contributed by atoms with Crippen molar-refractivity contribution in [3.8, 4) is 5.75 Å². The monoisotopic (exact) mass is 397 g/mol. The van der Waals surface area contributed by atoms with Crippen LogP contribution in [0.25, 0.3) is 0 Å². The van der Waals surface area contributed by atoms with Gasteiger partial charge in [-0.2, -0.15) is 0 Å². The SMILES string of the molecule is COCC(C)NC(N)=NCCOc1c(Cl)cc(Br)cc1Cl. The lowest BCUT2D eigenvalue weighted by molar-refractivity contribution is 0.179. The van der Waals surface area contributed by atoms with Crippen LogP contribution in [0.1, 0.15) is 6.92 Å². The second-order valence-electron chi connectivity index (χ2n) is 4.31. The van der Waals surface area contributed by atoms with Crippen molar-refractivity contribution < 1.29 is 9.47 Å². The molecule has 0 amide bonds. The third kappa shape index (κ3) is 6.74. The summed E-state index contributed by atoms with van der Waals surface area (Å²) in [6, 6.07) is 3.53. The van der Waals surface area contributed by atoms with E-state index >= 15 is 0 Å². The standard InChI is InChI=1S/C13H18BrCl2N3O2/c1-8(7-20-2)19-13(17)18-3-4-21-12-10(15)5-9(14)6-11(12)16/h5-6,8H,3-4,7H2,1-2H3,(H3,17,18,19). The summed E-state index contributed by atoms with van der Waals surface area (Å²) in [5.74, 6) is 0.784. The lowest BCUT2D eigenvalue weighted by Crippen LogP contribution is -2.40. The fraction of sp³-hybridized carbons (Fsp3) is 0.462. The van der Waals surface area contributed by atoms with Crippen LogP contribution in [0.2, 0.25) is 10.0 Å². The fourth-order valence-electron chi connectivity index (χ4n) is 1.57. The first-order chi connectivity index (χ1) is 9.93. The van der Waals surface area contributed by atoms with Crippen LogP contribution in [0, 0.1) is 0 Å². The van der Waals surface area contributed by atoms with Crippen LogP contribution in [-0.2, 0) is 4.74 Å². The van der Waals surface area contributed by atoms with Gasteiger partial charge in [0.15, 0.2) is 11.7 Å². The van der Waals surface area contributed by atoms with E-state index in [1.165, 1.54) is 0 Å². The highest BCUT2D eigenvalue weighted by atomic mass is 79.9. The maximum Gasteiger partial charge on any atom is 0.188 e. The van der Waals surface area contributed by atoms with Crippen LogP contribution in [0.4, 0.5) is 0 Å². The summed E-state index contributed by atoms with van der Waals surface area (Å²) >= 11 is 15.4. The Hall–Kier alpha value is -0.690. The zero-order valence-corrected chi connectivity index (χ0v) is 14.9. The molecule has 0 radical (unpaired) electrons. The van der Waals surface area contributed by atoms with Gasteiger partial charge in [0.25, 0.3) is 0 Å². The van der Waals surface area contributed by atoms with Gasteiger partial charge >= 0.3 is 0 Å². The van der Waals surface area contributed by atoms with Gasteiger partial charge in [-0.25, -0.2) is 4.99 Å². The zero-order valence-electron chi connectivity index (χ0n) is 11.8. The molecule has 0 heterocycles. The molecule has 5 nitrogen and oxygen atoms in total. The molecule has 21 heavy (non-hydrogen) atoms. The highest BCUT2D eigenvalue weighted by Gasteiger charge is 2.08. The maximum absolute atomic E-state index is 6.05. The topological polar surface area (TPSA) is 68.9 Å². The van der Waals surface area contributed by atoms with Crippen LogP contribution in [0.5, 0.6) is 5.75 Å². The number of benzene rings is 1. The molecule has 0 fully saturated rings. The predicted molar refractivity (Wildman–Crippen MR) is 90.6 cm³/mol. The van der Waals surface area contributed by atoms with Crippen molar-refractivity contribution in [2.45, 2.75) is 13.0 Å². The molecule has 1 aromatic carbocycles. The number of rotatable bonds is 7. The van der Waals surface area contributed by atoms with E-state index in [0.29, 0.717) is 41.5 Å². The smallest absolute Gasteiger partial charge is 0.188 e. The Morgan fingerprint density at radius 2 is 2.05 bits per heavy atom. The Morgan fingerprint density at radius 1 is 1.43 bits per heavy atom. The van der Waals surface area contributed by atoms with Crippen molar-refractivity contribution in [2.75, 3.05) is 26.9 Å². The summed E-state index contributed by atoms with van der Waals surface area (Å²) in [5, 5.41) is 3.88. The second kappa shape index (κ2) is 9.35. The summed E-state index contributed by atoms with van der Waals surface area (Å²) in [7, 11) is 1.63. The molecule has 3 N–H and O–H groups in total. The number of guanidine groups is 1. The number of nitrogens with one attached hydrogen (secondary N) is 1. The average Bonchev–Trinajstić information content (AvgIpc) is 2.36. The summed E-state index contributed by atoms with van der Waals surface area (Å²) in [6.45, 7) is 3.21. The van der Waals surface area contributed by atoms with E-state index in [1.54, 1.807) is 19.2 Å². The molecule has 0 aliphatic heterocycles. The third-order valence-electron chi connectivity index (χ3n) is 2.39. The Balaban J connectivity index is 2.44. The number of methoxy groups -OCH3 is 1. The van der Waals surface area contributed by atoms with Crippen LogP contribution in [0.15, 0.2) is 21.6 Å². The molecule has 0 saturated carbocycles. The first-order valence-corrected chi connectivity index (χ1v) is 7.81. The lowest BCUT2D eigenvalue weighted by Gasteiger charge is -2.13. The Morgan fingerprint density at radius 3 is 2.62 bits per heavy atom. The molecule has 0 spiro atoms. The normalized spacial score (nSPS) is 13.1. The highest BCUT2D eigenvalue weighted by molar-refractivity contribution is 9.10. The second-order valence-corrected chi connectivity index (χ2v) is 6.04. The van der Waals surface area contributed by atoms with Crippen LogP contribution >= 0.6 is 39.1 Å². The van der Waals surface area contributed by atoms with E-state index in [-0.39, 0.29) is 6.04 Å². The summed E-state index contributed by atoms with van der Waals surface area (Å²) < 4.78 is 11.3. The number of nitrogens with zero attached hydrogens (tertiary/aromatic N) is 1. The van der Waals surface area contributed by atoms with Gasteiger partial charge < -0.3 is 20.5 Å². The molecule has 1 aromatic rings. The van der Waals surface area contributed by atoms with Gasteiger partial charge in [-0.1, -0.05) is 39.1 Å². The van der Waals surface area contributed by atoms with Gasteiger partial charge in [-0.15, -0.1) is 0 Å². The minimum atomic E-state index is 0.0926. The average molecular weight is 399 g/mol. The number of halogens is 3. The van der Waals surface area contributed by atoms with Crippen molar-refractivity contribution >= 4 is 45.1 Å². The summed E-state index contributed by atoms with van der Waals surface area (Å²) in [5.41, 5.74) is 5.73. The van der Waals surface area contributed by atoms with Gasteiger partial charge in [0, 0.05) is 17.6 Å². The van der Waals surface area contributed by atoms with Crippen molar-refractivity contribution in [2.24, 2.45) is 10.7 Å². The quantitative estimate of drug-likeness (QED) is 0.420. The van der Waals surface area contributed by atoms with Crippen LogP contribution in [-0.4, -0.2) is 38.9 Å². The van der Waals surface area contributed by atoms with E-state index < -0.39 is 0 Å².